The molecule has 18 heavy (non-hydrogen) atoms. The van der Waals surface area contributed by atoms with Gasteiger partial charge in [-0.3, -0.25) is 0 Å². The molecule has 1 fully saturated rings. The van der Waals surface area contributed by atoms with Crippen LogP contribution in [-0.2, 0) is 9.47 Å². The average molecular weight is 245 g/mol. The van der Waals surface area contributed by atoms with E-state index in [0.29, 0.717) is 12.5 Å². The van der Waals surface area contributed by atoms with Gasteiger partial charge in [0.2, 0.25) is 5.90 Å². The Morgan fingerprint density at radius 3 is 2.61 bits per heavy atom. The largest absolute Gasteiger partial charge is 0.477 e. The summed E-state index contributed by atoms with van der Waals surface area (Å²) in [7, 11) is 0. The summed E-state index contributed by atoms with van der Waals surface area (Å²) in [6.45, 7) is 7.09. The molecule has 1 aromatic carbocycles. The van der Waals surface area contributed by atoms with E-state index in [2.05, 4.69) is 37.9 Å². The molecular formula is C15H19NO2. The number of ether oxygens (including phenoxy) is 2. The number of rotatable bonds is 3. The minimum atomic E-state index is -0.356. The van der Waals surface area contributed by atoms with Gasteiger partial charge in [-0.2, -0.15) is 0 Å². The Hall–Kier alpha value is -1.35. The highest BCUT2D eigenvalue weighted by Crippen LogP contribution is 2.51. The van der Waals surface area contributed by atoms with Gasteiger partial charge in [-0.15, -0.1) is 0 Å². The highest BCUT2D eigenvalue weighted by molar-refractivity contribution is 5.89. The van der Waals surface area contributed by atoms with Crippen LogP contribution in [0.15, 0.2) is 35.3 Å². The number of hydrogen-bond acceptors (Lipinski definition) is 3. The van der Waals surface area contributed by atoms with E-state index in [1.165, 1.54) is 5.56 Å². The van der Waals surface area contributed by atoms with Crippen molar-refractivity contribution in [2.75, 3.05) is 6.61 Å². The molecule has 2 aliphatic rings. The zero-order valence-electron chi connectivity index (χ0n) is 11.1. The van der Waals surface area contributed by atoms with Gasteiger partial charge in [-0.25, -0.2) is 4.99 Å². The number of epoxide rings is 1. The van der Waals surface area contributed by atoms with E-state index in [0.717, 1.165) is 5.90 Å². The summed E-state index contributed by atoms with van der Waals surface area (Å²) in [5, 5.41) is 0. The predicted molar refractivity (Wildman–Crippen MR) is 70.7 cm³/mol. The lowest BCUT2D eigenvalue weighted by atomic mass is 10.0. The molecular weight excluding hydrogens is 226 g/mol. The third-order valence-electron chi connectivity index (χ3n) is 3.78. The van der Waals surface area contributed by atoms with Gasteiger partial charge in [-0.05, 0) is 18.4 Å². The molecule has 3 rings (SSSR count). The molecule has 0 unspecified atom stereocenters. The summed E-state index contributed by atoms with van der Waals surface area (Å²) >= 11 is 0. The molecule has 1 saturated heterocycles. The molecule has 3 nitrogen and oxygen atoms in total. The highest BCUT2D eigenvalue weighted by atomic mass is 16.6. The van der Waals surface area contributed by atoms with Gasteiger partial charge >= 0.3 is 0 Å². The summed E-state index contributed by atoms with van der Waals surface area (Å²) in [5.74, 6) is 1.29. The van der Waals surface area contributed by atoms with Gasteiger partial charge in [0.25, 0.3) is 0 Å². The maximum atomic E-state index is 5.85. The van der Waals surface area contributed by atoms with Crippen molar-refractivity contribution < 1.29 is 9.47 Å². The molecule has 0 N–H and O–H groups in total. The Labute approximate surface area is 108 Å². The van der Waals surface area contributed by atoms with Crippen LogP contribution in [-0.4, -0.2) is 24.1 Å². The Balaban J connectivity index is 1.77. The van der Waals surface area contributed by atoms with Gasteiger partial charge < -0.3 is 9.47 Å². The molecule has 1 aromatic rings. The lowest BCUT2D eigenvalue weighted by Gasteiger charge is -2.06. The van der Waals surface area contributed by atoms with Crippen LogP contribution in [0.5, 0.6) is 0 Å². The van der Waals surface area contributed by atoms with Crippen LogP contribution in [0, 0.1) is 5.92 Å². The number of aliphatic imine (C=N–C) groups is 1. The van der Waals surface area contributed by atoms with E-state index in [-0.39, 0.29) is 17.7 Å². The first-order valence-electron chi connectivity index (χ1n) is 6.55. The topological polar surface area (TPSA) is 34.1 Å². The molecule has 0 saturated carbocycles. The Morgan fingerprint density at radius 2 is 2.00 bits per heavy atom. The van der Waals surface area contributed by atoms with Crippen LogP contribution >= 0.6 is 0 Å². The standard InChI is InChI=1S/C15H19NO2/c1-10(2)12-9-17-14(16-12)15(3)13(18-15)11-7-5-4-6-8-11/h4-8,10,12-13H,9H2,1-3H3/t12-,13-,15+/m1/s1. The fraction of sp³-hybridized carbons (Fsp3) is 0.533. The van der Waals surface area contributed by atoms with E-state index >= 15 is 0 Å². The van der Waals surface area contributed by atoms with Crippen LogP contribution in [0.1, 0.15) is 32.4 Å². The molecule has 3 atom stereocenters. The third kappa shape index (κ3) is 1.83. The van der Waals surface area contributed by atoms with Crippen LogP contribution in [0.3, 0.4) is 0 Å². The van der Waals surface area contributed by atoms with Gasteiger partial charge in [0, 0.05) is 0 Å². The number of hydrogen-bond donors (Lipinski definition) is 0. The Morgan fingerprint density at radius 1 is 1.28 bits per heavy atom. The second kappa shape index (κ2) is 4.09. The summed E-state index contributed by atoms with van der Waals surface area (Å²) < 4.78 is 11.6. The molecule has 0 bridgehead atoms. The monoisotopic (exact) mass is 245 g/mol. The van der Waals surface area contributed by atoms with E-state index in [4.69, 9.17) is 9.47 Å². The minimum Gasteiger partial charge on any atom is -0.477 e. The minimum absolute atomic E-state index is 0.0864. The molecule has 0 spiro atoms. The first-order valence-corrected chi connectivity index (χ1v) is 6.55. The van der Waals surface area contributed by atoms with Crippen molar-refractivity contribution in [2.24, 2.45) is 10.9 Å². The van der Waals surface area contributed by atoms with E-state index in [1.54, 1.807) is 0 Å². The van der Waals surface area contributed by atoms with Crippen molar-refractivity contribution in [3.8, 4) is 0 Å². The predicted octanol–water partition coefficient (Wildman–Crippen LogP) is 2.97. The Kier molecular flexibility index (Phi) is 2.67. The molecule has 0 aliphatic carbocycles. The van der Waals surface area contributed by atoms with Gasteiger partial charge in [0.1, 0.15) is 12.7 Å². The summed E-state index contributed by atoms with van der Waals surface area (Å²) in [6.07, 6.45) is 0.0864. The highest BCUT2D eigenvalue weighted by Gasteiger charge is 2.59. The molecule has 96 valence electrons. The average Bonchev–Trinajstić information content (AvgIpc) is 2.86. The van der Waals surface area contributed by atoms with Crippen molar-refractivity contribution in [3.63, 3.8) is 0 Å². The van der Waals surface area contributed by atoms with Gasteiger partial charge in [0.05, 0.1) is 6.04 Å². The second-order valence-electron chi connectivity index (χ2n) is 5.57. The van der Waals surface area contributed by atoms with Crippen LogP contribution < -0.4 is 0 Å². The number of nitrogens with zero attached hydrogens (tertiary/aromatic N) is 1. The van der Waals surface area contributed by atoms with E-state index < -0.39 is 0 Å². The van der Waals surface area contributed by atoms with Gasteiger partial charge in [-0.1, -0.05) is 44.2 Å². The number of benzene rings is 1. The first-order chi connectivity index (χ1) is 8.61. The van der Waals surface area contributed by atoms with Crippen molar-refractivity contribution in [3.05, 3.63) is 35.9 Å². The van der Waals surface area contributed by atoms with Crippen molar-refractivity contribution >= 4 is 5.90 Å². The fourth-order valence-corrected chi connectivity index (χ4v) is 2.39. The van der Waals surface area contributed by atoms with Crippen LogP contribution in [0.4, 0.5) is 0 Å². The van der Waals surface area contributed by atoms with Crippen LogP contribution in [0.25, 0.3) is 0 Å². The fourth-order valence-electron chi connectivity index (χ4n) is 2.39. The molecule has 3 heteroatoms. The smallest absolute Gasteiger partial charge is 0.219 e. The molecule has 0 radical (unpaired) electrons. The van der Waals surface area contributed by atoms with Crippen molar-refractivity contribution in [1.29, 1.82) is 0 Å². The molecule has 0 amide bonds. The van der Waals surface area contributed by atoms with E-state index in [1.807, 2.05) is 18.2 Å². The van der Waals surface area contributed by atoms with E-state index in [9.17, 15) is 0 Å². The van der Waals surface area contributed by atoms with Gasteiger partial charge in [0.15, 0.2) is 5.60 Å². The first kappa shape index (κ1) is 11.7. The normalized spacial score (nSPS) is 34.3. The third-order valence-corrected chi connectivity index (χ3v) is 3.78. The molecule has 2 heterocycles. The Bertz CT molecular complexity index is 469. The van der Waals surface area contributed by atoms with Crippen molar-refractivity contribution in [1.82, 2.24) is 0 Å². The summed E-state index contributed by atoms with van der Waals surface area (Å²) in [5.41, 5.74) is 0.838. The quantitative estimate of drug-likeness (QED) is 0.767. The van der Waals surface area contributed by atoms with Crippen molar-refractivity contribution in [2.45, 2.75) is 38.5 Å². The molecule has 0 aromatic heterocycles. The van der Waals surface area contributed by atoms with Crippen LogP contribution in [0.2, 0.25) is 0 Å². The SMILES string of the molecule is CC(C)[C@H]1COC([C@@]2(C)O[C@@H]2c2ccccc2)=N1. The molecule has 2 aliphatic heterocycles. The maximum Gasteiger partial charge on any atom is 0.219 e. The summed E-state index contributed by atoms with van der Waals surface area (Å²) in [6, 6.07) is 10.5. The zero-order chi connectivity index (χ0) is 12.8. The summed E-state index contributed by atoms with van der Waals surface area (Å²) in [4.78, 5) is 4.67. The maximum absolute atomic E-state index is 5.85. The lowest BCUT2D eigenvalue weighted by Crippen LogP contribution is -2.21. The second-order valence-corrected chi connectivity index (χ2v) is 5.57. The zero-order valence-corrected chi connectivity index (χ0v) is 11.1. The lowest BCUT2D eigenvalue weighted by molar-refractivity contribution is 0.260.